The van der Waals surface area contributed by atoms with E-state index in [1.54, 1.807) is 6.08 Å². The van der Waals surface area contributed by atoms with E-state index in [1.807, 2.05) is 13.8 Å². The van der Waals surface area contributed by atoms with Crippen LogP contribution in [0, 0.1) is 0 Å². The number of amides is 2. The molecule has 31 heavy (non-hydrogen) atoms. The monoisotopic (exact) mass is 535 g/mol. The molecule has 0 unspecified atom stereocenters. The molecule has 0 aromatic rings. The zero-order valence-corrected chi connectivity index (χ0v) is 21.9. The van der Waals surface area contributed by atoms with Gasteiger partial charge in [-0.05, 0) is 19.4 Å². The first-order valence-corrected chi connectivity index (χ1v) is 11.4. The predicted molar refractivity (Wildman–Crippen MR) is 136 cm³/mol. The third-order valence-corrected chi connectivity index (χ3v) is 4.07. The molecule has 0 aromatic heterocycles. The highest BCUT2D eigenvalue weighted by Crippen LogP contribution is 2.09. The molecular formula is C22H31BrClNO5S. The Balaban J connectivity index is -0.000000149. The molecule has 1 rings (SSSR count). The number of carbonyl (C=O) groups excluding carboxylic acids is 3. The van der Waals surface area contributed by atoms with E-state index in [1.165, 1.54) is 26.1 Å². The SMILES string of the molecule is C=C(C)C(=C)Br.C=C(Cl)C(C)=O.C=CC(=C)C.C=CS(C)(=O)=O.CN1C(=O)C=CC1=O. The van der Waals surface area contributed by atoms with Crippen molar-refractivity contribution in [3.63, 3.8) is 0 Å². The van der Waals surface area contributed by atoms with E-state index in [9.17, 15) is 22.8 Å². The summed E-state index contributed by atoms with van der Waals surface area (Å²) in [5, 5.41) is 1.00. The topological polar surface area (TPSA) is 88.6 Å². The van der Waals surface area contributed by atoms with Gasteiger partial charge in [-0.1, -0.05) is 78.7 Å². The van der Waals surface area contributed by atoms with Crippen LogP contribution in [0.3, 0.4) is 0 Å². The van der Waals surface area contributed by atoms with Crippen molar-refractivity contribution in [2.75, 3.05) is 13.3 Å². The Morgan fingerprint density at radius 3 is 1.29 bits per heavy atom. The van der Waals surface area contributed by atoms with E-state index in [2.05, 4.69) is 55.4 Å². The number of sulfone groups is 1. The number of ketones is 1. The molecule has 0 atom stereocenters. The molecule has 0 saturated heterocycles. The number of carbonyl (C=O) groups is 3. The molecule has 9 heteroatoms. The molecule has 174 valence electrons. The molecular weight excluding hydrogens is 506 g/mol. The fraction of sp³-hybridized carbons (Fsp3) is 0.227. The maximum Gasteiger partial charge on any atom is 0.253 e. The molecule has 2 amide bonds. The van der Waals surface area contributed by atoms with E-state index in [-0.39, 0.29) is 22.6 Å². The van der Waals surface area contributed by atoms with Crippen LogP contribution < -0.4 is 0 Å². The van der Waals surface area contributed by atoms with Gasteiger partial charge in [-0.3, -0.25) is 19.3 Å². The van der Waals surface area contributed by atoms with Crippen LogP contribution in [0.15, 0.2) is 83.8 Å². The van der Waals surface area contributed by atoms with Gasteiger partial charge >= 0.3 is 0 Å². The normalized spacial score (nSPS) is 10.9. The van der Waals surface area contributed by atoms with E-state index in [0.29, 0.717) is 0 Å². The summed E-state index contributed by atoms with van der Waals surface area (Å²) in [6.45, 7) is 25.6. The number of rotatable bonds is 4. The summed E-state index contributed by atoms with van der Waals surface area (Å²) in [5.41, 5.74) is 2.00. The summed E-state index contributed by atoms with van der Waals surface area (Å²) < 4.78 is 20.6. The molecule has 1 heterocycles. The third-order valence-electron chi connectivity index (χ3n) is 2.53. The van der Waals surface area contributed by atoms with Crippen LogP contribution in [0.1, 0.15) is 20.8 Å². The number of allylic oxidation sites excluding steroid dienone is 5. The van der Waals surface area contributed by atoms with Gasteiger partial charge in [0.15, 0.2) is 15.6 Å². The minimum atomic E-state index is -2.90. The van der Waals surface area contributed by atoms with Crippen molar-refractivity contribution < 1.29 is 22.8 Å². The molecule has 0 bridgehead atoms. The van der Waals surface area contributed by atoms with Crippen molar-refractivity contribution in [3.8, 4) is 0 Å². The van der Waals surface area contributed by atoms with Crippen LogP contribution >= 0.6 is 27.5 Å². The van der Waals surface area contributed by atoms with E-state index < -0.39 is 9.84 Å². The largest absolute Gasteiger partial charge is 0.294 e. The Hall–Kier alpha value is -2.29. The molecule has 0 N–H and O–H groups in total. The lowest BCUT2D eigenvalue weighted by Crippen LogP contribution is -2.24. The van der Waals surface area contributed by atoms with Crippen molar-refractivity contribution in [3.05, 3.63) is 83.8 Å². The smallest absolute Gasteiger partial charge is 0.253 e. The quantitative estimate of drug-likeness (QED) is 0.278. The Bertz CT molecular complexity index is 778. The van der Waals surface area contributed by atoms with Gasteiger partial charge in [-0.2, -0.15) is 0 Å². The zero-order chi connectivity index (χ0) is 25.9. The molecule has 0 aliphatic carbocycles. The van der Waals surface area contributed by atoms with E-state index >= 15 is 0 Å². The first-order valence-electron chi connectivity index (χ1n) is 8.29. The van der Waals surface area contributed by atoms with Crippen LogP contribution in [0.25, 0.3) is 0 Å². The van der Waals surface area contributed by atoms with E-state index in [4.69, 9.17) is 11.6 Å². The number of imide groups is 1. The molecule has 1 aliphatic heterocycles. The molecule has 6 nitrogen and oxygen atoms in total. The Kier molecular flexibility index (Phi) is 22.9. The average Bonchev–Trinajstić information content (AvgIpc) is 2.94. The number of nitrogens with zero attached hydrogens (tertiary/aromatic N) is 1. The van der Waals surface area contributed by atoms with Crippen molar-refractivity contribution in [2.24, 2.45) is 0 Å². The van der Waals surface area contributed by atoms with Crippen LogP contribution in [0.5, 0.6) is 0 Å². The van der Waals surface area contributed by atoms with Gasteiger partial charge in [0.05, 0.1) is 5.03 Å². The van der Waals surface area contributed by atoms with Gasteiger partial charge in [-0.15, -0.1) is 0 Å². The van der Waals surface area contributed by atoms with Gasteiger partial charge in [0.25, 0.3) is 11.8 Å². The highest BCUT2D eigenvalue weighted by atomic mass is 79.9. The number of hydrogen-bond acceptors (Lipinski definition) is 5. The summed E-state index contributed by atoms with van der Waals surface area (Å²) >= 11 is 8.21. The summed E-state index contributed by atoms with van der Waals surface area (Å²) in [5.74, 6) is -0.651. The third kappa shape index (κ3) is 32.6. The second-order valence-electron chi connectivity index (χ2n) is 5.76. The van der Waals surface area contributed by atoms with Crippen molar-refractivity contribution >= 4 is 55.0 Å². The highest BCUT2D eigenvalue weighted by molar-refractivity contribution is 9.11. The molecule has 1 aliphatic rings. The van der Waals surface area contributed by atoms with Gasteiger partial charge in [-0.25, -0.2) is 8.42 Å². The first kappa shape index (κ1) is 36.1. The zero-order valence-electron chi connectivity index (χ0n) is 18.7. The van der Waals surface area contributed by atoms with Gasteiger partial charge in [0, 0.05) is 42.3 Å². The molecule has 0 fully saturated rings. The Morgan fingerprint density at radius 2 is 1.26 bits per heavy atom. The van der Waals surface area contributed by atoms with Crippen LogP contribution in [-0.2, 0) is 24.2 Å². The van der Waals surface area contributed by atoms with Crippen molar-refractivity contribution in [1.82, 2.24) is 4.90 Å². The predicted octanol–water partition coefficient (Wildman–Crippen LogP) is 5.26. The van der Waals surface area contributed by atoms with Gasteiger partial charge in [0.2, 0.25) is 0 Å². The number of hydrogen-bond donors (Lipinski definition) is 0. The molecule has 0 saturated carbocycles. The lowest BCUT2D eigenvalue weighted by Gasteiger charge is -2.01. The number of halogens is 2. The Labute approximate surface area is 200 Å². The second-order valence-corrected chi connectivity index (χ2v) is 9.17. The number of likely N-dealkylation sites (N-methyl/N-ethyl adjacent to an activating group) is 1. The summed E-state index contributed by atoms with van der Waals surface area (Å²) in [7, 11) is -1.45. The number of Topliss-reactive ketones (excluding diaryl/α,β-unsaturated/α-hetero) is 1. The molecule has 0 aromatic carbocycles. The molecule has 0 spiro atoms. The van der Waals surface area contributed by atoms with Crippen LogP contribution in [-0.4, -0.2) is 44.2 Å². The van der Waals surface area contributed by atoms with E-state index in [0.717, 1.165) is 32.2 Å². The minimum absolute atomic E-state index is 0.0926. The second kappa shape index (κ2) is 19.7. The standard InChI is InChI=1S/C5H7Br.C5H5NO2.C5H8.C4H5ClO.C3H6O2S/c1-4(2)5(3)6;1-6-4(7)2-3-5(6)8;1-4-5(2)3;1-3(5)4(2)6;1-3-6(2,4)5/h1,3H2,2H3;2-3H,1H3;4H,1-2H2,3H3;1H2,2H3;3H,1H2,2H3. The maximum absolute atomic E-state index is 10.4. The lowest BCUT2D eigenvalue weighted by molar-refractivity contribution is -0.135. The Morgan fingerprint density at radius 1 is 1.03 bits per heavy atom. The van der Waals surface area contributed by atoms with Crippen LogP contribution in [0.2, 0.25) is 0 Å². The fourth-order valence-corrected chi connectivity index (χ4v) is 0.475. The van der Waals surface area contributed by atoms with Crippen molar-refractivity contribution in [1.29, 1.82) is 0 Å². The average molecular weight is 537 g/mol. The fourth-order valence-electron chi connectivity index (χ4n) is 0.475. The molecule has 0 radical (unpaired) electrons. The lowest BCUT2D eigenvalue weighted by atomic mass is 10.4. The first-order chi connectivity index (χ1) is 13.8. The summed E-state index contributed by atoms with van der Waals surface area (Å²) in [6.07, 6.45) is 5.32. The van der Waals surface area contributed by atoms with Crippen LogP contribution in [0.4, 0.5) is 0 Å². The highest BCUT2D eigenvalue weighted by Gasteiger charge is 2.17. The van der Waals surface area contributed by atoms with Gasteiger partial charge in [0.1, 0.15) is 0 Å². The van der Waals surface area contributed by atoms with Gasteiger partial charge < -0.3 is 0 Å². The maximum atomic E-state index is 10.4. The summed E-state index contributed by atoms with van der Waals surface area (Å²) in [6, 6.07) is 0. The minimum Gasteiger partial charge on any atom is -0.294 e. The summed E-state index contributed by atoms with van der Waals surface area (Å²) in [4.78, 5) is 31.8. The van der Waals surface area contributed by atoms with Crippen molar-refractivity contribution in [2.45, 2.75) is 20.8 Å².